The Bertz CT molecular complexity index is 1220. The quantitative estimate of drug-likeness (QED) is 0.547. The van der Waals surface area contributed by atoms with Crippen LogP contribution in [0.1, 0.15) is 51.7 Å². The van der Waals surface area contributed by atoms with E-state index in [-0.39, 0.29) is 17.4 Å². The number of hydrazine groups is 1. The lowest BCUT2D eigenvalue weighted by Gasteiger charge is -2.47. The molecule has 2 aromatic carbocycles. The minimum absolute atomic E-state index is 0.0735. The van der Waals surface area contributed by atoms with Crippen LogP contribution in [0, 0.1) is 0 Å². The van der Waals surface area contributed by atoms with Crippen molar-refractivity contribution in [3.05, 3.63) is 119 Å². The number of hydrogen-bond donors (Lipinski definition) is 2. The number of dihydropyridines is 1. The van der Waals surface area contributed by atoms with Gasteiger partial charge in [-0.05, 0) is 80.6 Å². The van der Waals surface area contributed by atoms with E-state index >= 15 is 0 Å². The smallest absolute Gasteiger partial charge is 0.399 e. The molecule has 0 saturated carbocycles. The molecule has 37 heavy (non-hydrogen) atoms. The van der Waals surface area contributed by atoms with E-state index < -0.39 is 12.7 Å². The molecule has 2 fully saturated rings. The fourth-order valence-electron chi connectivity index (χ4n) is 5.96. The molecule has 3 aliphatic heterocycles. The highest BCUT2D eigenvalue weighted by atomic mass is 16.7. The predicted molar refractivity (Wildman–Crippen MR) is 149 cm³/mol. The molecule has 1 aliphatic carbocycles. The summed E-state index contributed by atoms with van der Waals surface area (Å²) < 4.78 is 13.0. The molecule has 190 valence electrons. The van der Waals surface area contributed by atoms with Gasteiger partial charge in [-0.25, -0.2) is 5.43 Å². The summed E-state index contributed by atoms with van der Waals surface area (Å²) in [6.45, 7) is 9.14. The Morgan fingerprint density at radius 2 is 1.49 bits per heavy atom. The van der Waals surface area contributed by atoms with E-state index in [4.69, 9.17) is 9.31 Å². The molecule has 1 atom stereocenters. The molecule has 4 aliphatic rings. The minimum atomic E-state index is -0.537. The van der Waals surface area contributed by atoms with Crippen molar-refractivity contribution in [1.82, 2.24) is 15.8 Å². The molecule has 6 rings (SSSR count). The molecule has 1 unspecified atom stereocenters. The Hall–Kier alpha value is -2.90. The largest absolute Gasteiger partial charge is 0.495 e. The summed E-state index contributed by atoms with van der Waals surface area (Å²) in [5, 5.41) is 6.08. The lowest BCUT2D eigenvalue weighted by Crippen LogP contribution is -2.58. The van der Waals surface area contributed by atoms with Gasteiger partial charge in [-0.15, -0.1) is 0 Å². The minimum Gasteiger partial charge on any atom is -0.399 e. The van der Waals surface area contributed by atoms with Crippen molar-refractivity contribution < 1.29 is 9.31 Å². The maximum Gasteiger partial charge on any atom is 0.495 e. The first-order valence-electron chi connectivity index (χ1n) is 13.4. The third-order valence-corrected chi connectivity index (χ3v) is 8.58. The molecule has 2 aromatic rings. The van der Waals surface area contributed by atoms with Crippen LogP contribution in [0.25, 0.3) is 0 Å². The van der Waals surface area contributed by atoms with Gasteiger partial charge in [0.2, 0.25) is 0 Å². The van der Waals surface area contributed by atoms with Crippen LogP contribution in [0.5, 0.6) is 0 Å². The summed E-state index contributed by atoms with van der Waals surface area (Å²) in [6.07, 6.45) is 13.2. The summed E-state index contributed by atoms with van der Waals surface area (Å²) in [5.41, 5.74) is 8.57. The molecule has 2 N–H and O–H groups in total. The number of nitrogens with zero attached hydrogens (tertiary/aromatic N) is 1. The lowest BCUT2D eigenvalue weighted by atomic mass is 9.72. The van der Waals surface area contributed by atoms with Crippen molar-refractivity contribution in [2.24, 2.45) is 0 Å². The van der Waals surface area contributed by atoms with Crippen LogP contribution in [0.3, 0.4) is 0 Å². The van der Waals surface area contributed by atoms with Gasteiger partial charge in [0.25, 0.3) is 0 Å². The molecular weight excluding hydrogens is 457 g/mol. The van der Waals surface area contributed by atoms with Gasteiger partial charge in [-0.2, -0.15) is 5.01 Å². The highest BCUT2D eigenvalue weighted by molar-refractivity contribution is 6.56. The average Bonchev–Trinajstić information content (AvgIpc) is 3.44. The Morgan fingerprint density at radius 3 is 2.05 bits per heavy atom. The number of benzene rings is 2. The van der Waals surface area contributed by atoms with Gasteiger partial charge in [0.15, 0.2) is 0 Å². The topological polar surface area (TPSA) is 45.8 Å². The summed E-state index contributed by atoms with van der Waals surface area (Å²) in [5.74, 6) is 0. The average molecular weight is 493 g/mol. The summed E-state index contributed by atoms with van der Waals surface area (Å²) in [6, 6.07) is 21.7. The SMILES string of the molecule is CC1(C)OB(C2=C3CNN(C(C4=CCCC=C4)(c4ccccc4)c4ccccc4)C3NC=C2)OC1(C)C. The predicted octanol–water partition coefficient (Wildman–Crippen LogP) is 5.40. The van der Waals surface area contributed by atoms with Crippen LogP contribution in [-0.4, -0.2) is 36.0 Å². The summed E-state index contributed by atoms with van der Waals surface area (Å²) >= 11 is 0. The fraction of sp³-hybridized carbons (Fsp3) is 0.355. The monoisotopic (exact) mass is 493 g/mol. The lowest BCUT2D eigenvalue weighted by molar-refractivity contribution is 0.00578. The van der Waals surface area contributed by atoms with Crippen molar-refractivity contribution >= 4 is 7.12 Å². The van der Waals surface area contributed by atoms with E-state index in [2.05, 4.69) is 128 Å². The standard InChI is InChI=1S/C31H36BN3O2/c1-29(2)30(3,4)37-32(36-29)27-20-21-33-28-26(27)22-34-35(28)31(23-14-8-5-9-15-23,24-16-10-6-11-17-24)25-18-12-7-13-19-25/h5-6,8-12,14-21,28,33-34H,7,13,22H2,1-4H3. The van der Waals surface area contributed by atoms with Crippen molar-refractivity contribution in [2.75, 3.05) is 6.54 Å². The molecule has 0 radical (unpaired) electrons. The van der Waals surface area contributed by atoms with E-state index in [1.54, 1.807) is 0 Å². The number of nitrogens with one attached hydrogen (secondary N) is 2. The molecule has 2 saturated heterocycles. The number of hydrogen-bond acceptors (Lipinski definition) is 5. The van der Waals surface area contributed by atoms with E-state index in [0.29, 0.717) is 6.54 Å². The third-order valence-electron chi connectivity index (χ3n) is 8.58. The van der Waals surface area contributed by atoms with E-state index in [9.17, 15) is 0 Å². The number of rotatable bonds is 5. The Balaban J connectivity index is 1.51. The molecular formula is C31H36BN3O2. The number of fused-ring (bicyclic) bond motifs is 1. The van der Waals surface area contributed by atoms with Gasteiger partial charge in [0, 0.05) is 6.54 Å². The van der Waals surface area contributed by atoms with E-state index in [0.717, 1.165) is 18.3 Å². The van der Waals surface area contributed by atoms with Crippen molar-refractivity contribution in [3.63, 3.8) is 0 Å². The Kier molecular flexibility index (Phi) is 6.04. The summed E-state index contributed by atoms with van der Waals surface area (Å²) in [4.78, 5) is 0. The van der Waals surface area contributed by atoms with Crippen molar-refractivity contribution in [2.45, 2.75) is 63.4 Å². The highest BCUT2D eigenvalue weighted by Crippen LogP contribution is 2.47. The molecule has 3 heterocycles. The Morgan fingerprint density at radius 1 is 0.865 bits per heavy atom. The van der Waals surface area contributed by atoms with Crippen molar-refractivity contribution in [3.8, 4) is 0 Å². The molecule has 0 spiro atoms. The maximum atomic E-state index is 6.49. The first-order valence-corrected chi connectivity index (χ1v) is 13.4. The molecule has 6 heteroatoms. The van der Waals surface area contributed by atoms with Gasteiger partial charge < -0.3 is 14.6 Å². The fourth-order valence-corrected chi connectivity index (χ4v) is 5.96. The zero-order chi connectivity index (χ0) is 25.7. The van der Waals surface area contributed by atoms with Crippen molar-refractivity contribution in [1.29, 1.82) is 0 Å². The van der Waals surface area contributed by atoms with Gasteiger partial charge in [0.05, 0.1) is 11.2 Å². The first-order chi connectivity index (χ1) is 17.8. The molecule has 0 aromatic heterocycles. The zero-order valence-corrected chi connectivity index (χ0v) is 22.2. The maximum absolute atomic E-state index is 6.49. The Labute approximate surface area is 221 Å². The second-order valence-corrected chi connectivity index (χ2v) is 11.3. The normalized spacial score (nSPS) is 24.7. The molecule has 0 amide bonds. The van der Waals surface area contributed by atoms with Crippen LogP contribution < -0.4 is 10.7 Å². The van der Waals surface area contributed by atoms with Crippen LogP contribution in [-0.2, 0) is 14.8 Å². The van der Waals surface area contributed by atoms with Gasteiger partial charge in [-0.1, -0.05) is 78.9 Å². The molecule has 5 nitrogen and oxygen atoms in total. The van der Waals surface area contributed by atoms with E-state index in [1.165, 1.54) is 22.3 Å². The van der Waals surface area contributed by atoms with Crippen LogP contribution in [0.4, 0.5) is 0 Å². The number of allylic oxidation sites excluding steroid dienone is 4. The first kappa shape index (κ1) is 24.4. The second-order valence-electron chi connectivity index (χ2n) is 11.3. The van der Waals surface area contributed by atoms with Crippen LogP contribution in [0.2, 0.25) is 0 Å². The third kappa shape index (κ3) is 3.86. The summed E-state index contributed by atoms with van der Waals surface area (Å²) in [7, 11) is -0.403. The van der Waals surface area contributed by atoms with Gasteiger partial charge >= 0.3 is 7.12 Å². The van der Waals surface area contributed by atoms with E-state index in [1.807, 2.05) is 6.20 Å². The second kappa shape index (κ2) is 9.14. The van der Waals surface area contributed by atoms with Crippen LogP contribution in [0.15, 0.2) is 108 Å². The van der Waals surface area contributed by atoms with Gasteiger partial charge in [-0.3, -0.25) is 0 Å². The highest BCUT2D eigenvalue weighted by Gasteiger charge is 2.55. The molecule has 0 bridgehead atoms. The van der Waals surface area contributed by atoms with Crippen LogP contribution >= 0.6 is 0 Å². The zero-order valence-electron chi connectivity index (χ0n) is 22.2. The van der Waals surface area contributed by atoms with Gasteiger partial charge in [0.1, 0.15) is 11.7 Å².